The molecule has 7 nitrogen and oxygen atoms in total. The van der Waals surface area contributed by atoms with Gasteiger partial charge in [-0.25, -0.2) is 9.48 Å². The lowest BCUT2D eigenvalue weighted by molar-refractivity contribution is 0.0601. The Kier molecular flexibility index (Phi) is 3.70. The quantitative estimate of drug-likeness (QED) is 0.662. The largest absolute Gasteiger partial charge is 0.465 e. The second-order valence-electron chi connectivity index (χ2n) is 3.88. The molecule has 0 bridgehead atoms. The van der Waals surface area contributed by atoms with Gasteiger partial charge in [0.15, 0.2) is 0 Å². The highest BCUT2D eigenvalue weighted by Crippen LogP contribution is 2.30. The third-order valence-electron chi connectivity index (χ3n) is 2.56. The number of hydrogen-bond acceptors (Lipinski definition) is 7. The number of rotatable bonds is 3. The Hall–Kier alpha value is -2.09. The average molecular weight is 279 g/mol. The van der Waals surface area contributed by atoms with E-state index in [1.54, 1.807) is 17.8 Å². The number of nitrogen functional groups attached to an aromatic ring is 1. The van der Waals surface area contributed by atoms with Gasteiger partial charge >= 0.3 is 5.97 Å². The molecule has 1 aromatic carbocycles. The van der Waals surface area contributed by atoms with Crippen molar-refractivity contribution in [3.8, 4) is 0 Å². The molecule has 2 N–H and O–H groups in total. The van der Waals surface area contributed by atoms with Crippen LogP contribution in [0.5, 0.6) is 0 Å². The van der Waals surface area contributed by atoms with Crippen molar-refractivity contribution in [2.24, 2.45) is 7.05 Å². The normalized spacial score (nSPS) is 10.5. The number of nitrogens with zero attached hydrogens (tertiary/aromatic N) is 4. The van der Waals surface area contributed by atoms with Crippen molar-refractivity contribution in [1.29, 1.82) is 0 Å². The molecule has 0 amide bonds. The second-order valence-corrected chi connectivity index (χ2v) is 4.92. The van der Waals surface area contributed by atoms with E-state index in [1.807, 2.05) is 13.0 Å². The molecule has 1 aromatic heterocycles. The first-order chi connectivity index (χ1) is 9.02. The molecule has 0 unspecified atom stereocenters. The van der Waals surface area contributed by atoms with Gasteiger partial charge in [-0.3, -0.25) is 0 Å². The van der Waals surface area contributed by atoms with Crippen LogP contribution >= 0.6 is 11.8 Å². The Morgan fingerprint density at radius 1 is 1.47 bits per heavy atom. The second kappa shape index (κ2) is 5.27. The number of benzene rings is 1. The highest BCUT2D eigenvalue weighted by atomic mass is 32.2. The van der Waals surface area contributed by atoms with Crippen molar-refractivity contribution in [1.82, 2.24) is 20.2 Å². The lowest BCUT2D eigenvalue weighted by Crippen LogP contribution is -2.07. The third-order valence-corrected chi connectivity index (χ3v) is 3.56. The van der Waals surface area contributed by atoms with E-state index in [0.29, 0.717) is 16.4 Å². The summed E-state index contributed by atoms with van der Waals surface area (Å²) in [6, 6.07) is 3.55. The Balaban J connectivity index is 2.40. The fraction of sp³-hybridized carbons (Fsp3) is 0.273. The topological polar surface area (TPSA) is 95.9 Å². The average Bonchev–Trinajstić information content (AvgIpc) is 2.78. The summed E-state index contributed by atoms with van der Waals surface area (Å²) in [6.07, 6.45) is 0. The molecule has 0 aliphatic carbocycles. The number of tetrazole rings is 1. The minimum Gasteiger partial charge on any atom is -0.465 e. The van der Waals surface area contributed by atoms with Crippen molar-refractivity contribution in [2.45, 2.75) is 17.0 Å². The van der Waals surface area contributed by atoms with E-state index in [0.717, 1.165) is 10.5 Å². The lowest BCUT2D eigenvalue weighted by atomic mass is 10.1. The van der Waals surface area contributed by atoms with E-state index in [9.17, 15) is 4.79 Å². The predicted octanol–water partition coefficient (Wildman–Crippen LogP) is 1.04. The van der Waals surface area contributed by atoms with Gasteiger partial charge < -0.3 is 10.5 Å². The summed E-state index contributed by atoms with van der Waals surface area (Å²) in [5.74, 6) is -0.459. The van der Waals surface area contributed by atoms with Gasteiger partial charge in [-0.15, -0.1) is 5.10 Å². The number of nitrogens with two attached hydrogens (primary N) is 1. The molecule has 0 atom stereocenters. The molecule has 2 aromatic rings. The van der Waals surface area contributed by atoms with Gasteiger partial charge in [0.25, 0.3) is 0 Å². The summed E-state index contributed by atoms with van der Waals surface area (Å²) < 4.78 is 6.26. The molecule has 0 aliphatic rings. The Morgan fingerprint density at radius 3 is 2.79 bits per heavy atom. The minimum atomic E-state index is -0.459. The van der Waals surface area contributed by atoms with E-state index in [-0.39, 0.29) is 0 Å². The Bertz CT molecular complexity index is 626. The summed E-state index contributed by atoms with van der Waals surface area (Å²) in [5, 5.41) is 11.8. The monoisotopic (exact) mass is 279 g/mol. The van der Waals surface area contributed by atoms with Crippen molar-refractivity contribution in [3.05, 3.63) is 23.3 Å². The van der Waals surface area contributed by atoms with Gasteiger partial charge in [0.1, 0.15) is 0 Å². The molecule has 0 spiro atoms. The smallest absolute Gasteiger partial charge is 0.340 e. The van der Waals surface area contributed by atoms with Gasteiger partial charge in [0, 0.05) is 17.6 Å². The molecular weight excluding hydrogens is 266 g/mol. The zero-order valence-electron chi connectivity index (χ0n) is 10.7. The fourth-order valence-corrected chi connectivity index (χ4v) is 2.39. The summed E-state index contributed by atoms with van der Waals surface area (Å²) in [7, 11) is 3.07. The molecule has 0 radical (unpaired) electrons. The van der Waals surface area contributed by atoms with Crippen LogP contribution in [-0.4, -0.2) is 33.3 Å². The van der Waals surface area contributed by atoms with Crippen LogP contribution < -0.4 is 5.73 Å². The first-order valence-corrected chi connectivity index (χ1v) is 6.23. The molecule has 2 rings (SSSR count). The molecule has 0 saturated heterocycles. The summed E-state index contributed by atoms with van der Waals surface area (Å²) in [5.41, 5.74) is 7.45. The maximum absolute atomic E-state index is 11.7. The van der Waals surface area contributed by atoms with Gasteiger partial charge in [-0.1, -0.05) is 0 Å². The predicted molar refractivity (Wildman–Crippen MR) is 69.9 cm³/mol. The number of aryl methyl sites for hydroxylation is 2. The first kappa shape index (κ1) is 13.3. The molecule has 8 heteroatoms. The number of carbonyl (C=O) groups excluding carboxylic acids is 1. The van der Waals surface area contributed by atoms with E-state index >= 15 is 0 Å². The van der Waals surface area contributed by atoms with Gasteiger partial charge in [0.05, 0.1) is 12.7 Å². The molecule has 1 heterocycles. The number of ether oxygens (including phenoxy) is 1. The van der Waals surface area contributed by atoms with Crippen molar-refractivity contribution in [2.75, 3.05) is 12.8 Å². The number of esters is 1. The molecule has 0 saturated carbocycles. The molecular formula is C11H13N5O2S. The third kappa shape index (κ3) is 2.68. The van der Waals surface area contributed by atoms with Gasteiger partial charge in [-0.05, 0) is 46.8 Å². The lowest BCUT2D eigenvalue weighted by Gasteiger charge is -2.09. The van der Waals surface area contributed by atoms with Crippen LogP contribution in [0.1, 0.15) is 15.9 Å². The molecule has 0 aliphatic heterocycles. The number of anilines is 1. The van der Waals surface area contributed by atoms with Crippen LogP contribution in [0.2, 0.25) is 0 Å². The standard InChI is InChI=1S/C11H13N5O2S/c1-6-4-7(19-11-13-14-15-16(11)2)5-8(9(6)12)10(17)18-3/h4-5H,12H2,1-3H3. The molecule has 0 fully saturated rings. The first-order valence-electron chi connectivity index (χ1n) is 5.41. The molecule has 100 valence electrons. The van der Waals surface area contributed by atoms with Gasteiger partial charge in [-0.2, -0.15) is 0 Å². The highest BCUT2D eigenvalue weighted by Gasteiger charge is 2.15. The molecule has 19 heavy (non-hydrogen) atoms. The van der Waals surface area contributed by atoms with E-state index in [1.165, 1.54) is 18.9 Å². The zero-order valence-corrected chi connectivity index (χ0v) is 11.6. The van der Waals surface area contributed by atoms with Crippen LogP contribution in [0.4, 0.5) is 5.69 Å². The maximum atomic E-state index is 11.7. The van der Waals surface area contributed by atoms with Crippen molar-refractivity contribution in [3.63, 3.8) is 0 Å². The van der Waals surface area contributed by atoms with Crippen molar-refractivity contribution < 1.29 is 9.53 Å². The Morgan fingerprint density at radius 2 is 2.21 bits per heavy atom. The number of hydrogen-bond donors (Lipinski definition) is 1. The Labute approximate surface area is 114 Å². The zero-order chi connectivity index (χ0) is 14.0. The van der Waals surface area contributed by atoms with E-state index in [4.69, 9.17) is 10.5 Å². The van der Waals surface area contributed by atoms with Gasteiger partial charge in [0.2, 0.25) is 5.16 Å². The van der Waals surface area contributed by atoms with Crippen LogP contribution in [0.3, 0.4) is 0 Å². The van der Waals surface area contributed by atoms with Crippen LogP contribution in [0, 0.1) is 6.92 Å². The fourth-order valence-electron chi connectivity index (χ4n) is 1.52. The van der Waals surface area contributed by atoms with Crippen LogP contribution in [-0.2, 0) is 11.8 Å². The van der Waals surface area contributed by atoms with Crippen LogP contribution in [0.15, 0.2) is 22.2 Å². The number of carbonyl (C=O) groups is 1. The SMILES string of the molecule is COC(=O)c1cc(Sc2nnnn2C)cc(C)c1N. The minimum absolute atomic E-state index is 0.347. The van der Waals surface area contributed by atoms with Crippen LogP contribution in [0.25, 0.3) is 0 Å². The summed E-state index contributed by atoms with van der Waals surface area (Å²) in [4.78, 5) is 12.5. The number of aromatic nitrogens is 4. The van der Waals surface area contributed by atoms with E-state index < -0.39 is 5.97 Å². The van der Waals surface area contributed by atoms with Crippen molar-refractivity contribution >= 4 is 23.4 Å². The maximum Gasteiger partial charge on any atom is 0.340 e. The summed E-state index contributed by atoms with van der Waals surface area (Å²) in [6.45, 7) is 1.83. The highest BCUT2D eigenvalue weighted by molar-refractivity contribution is 7.99. The van der Waals surface area contributed by atoms with E-state index in [2.05, 4.69) is 15.5 Å². The summed E-state index contributed by atoms with van der Waals surface area (Å²) >= 11 is 1.35. The number of methoxy groups -OCH3 is 1.